The highest BCUT2D eigenvalue weighted by Gasteiger charge is 2.20. The van der Waals surface area contributed by atoms with Gasteiger partial charge in [-0.05, 0) is 26.8 Å². The van der Waals surface area contributed by atoms with Gasteiger partial charge in [0.05, 0.1) is 6.04 Å². The monoisotopic (exact) mass is 258 g/mol. The van der Waals surface area contributed by atoms with Gasteiger partial charge in [0.25, 0.3) is 0 Å². The largest absolute Gasteiger partial charge is 0.370 e. The first-order valence-corrected chi connectivity index (χ1v) is 5.73. The molecule has 1 unspecified atom stereocenters. The van der Waals surface area contributed by atoms with Crippen LogP contribution in [0.25, 0.3) is 0 Å². The highest BCUT2D eigenvalue weighted by atomic mass is 16.2. The first kappa shape index (κ1) is 16.2. The molecule has 104 valence electrons. The molecule has 0 radical (unpaired) electrons. The molecule has 18 heavy (non-hydrogen) atoms. The van der Waals surface area contributed by atoms with Crippen molar-refractivity contribution >= 4 is 17.8 Å². The molecule has 0 aromatic rings. The second-order valence-electron chi connectivity index (χ2n) is 3.96. The summed E-state index contributed by atoms with van der Waals surface area (Å²) in [5.41, 5.74) is 10.3. The molecule has 0 saturated heterocycles. The molecule has 0 aliphatic heterocycles. The van der Waals surface area contributed by atoms with Crippen LogP contribution in [0.5, 0.6) is 0 Å². The van der Waals surface area contributed by atoms with Crippen molar-refractivity contribution < 1.29 is 9.59 Å². The second-order valence-corrected chi connectivity index (χ2v) is 3.96. The summed E-state index contributed by atoms with van der Waals surface area (Å²) in [6.07, 6.45) is 0.971. The number of hydrogen-bond donors (Lipinski definition) is 6. The highest BCUT2D eigenvalue weighted by molar-refractivity contribution is 5.88. The van der Waals surface area contributed by atoms with E-state index in [0.717, 1.165) is 0 Å². The second kappa shape index (κ2) is 8.29. The minimum Gasteiger partial charge on any atom is -0.370 e. The van der Waals surface area contributed by atoms with Gasteiger partial charge in [-0.25, -0.2) is 0 Å². The smallest absolute Gasteiger partial charge is 0.240 e. The number of nitrogens with one attached hydrogen (secondary N) is 4. The number of amides is 2. The first-order chi connectivity index (χ1) is 8.38. The maximum atomic E-state index is 11.6. The Bertz CT molecular complexity index is 307. The summed E-state index contributed by atoms with van der Waals surface area (Å²) < 4.78 is 0. The molecule has 2 amide bonds. The van der Waals surface area contributed by atoms with Crippen molar-refractivity contribution in [2.24, 2.45) is 11.5 Å². The summed E-state index contributed by atoms with van der Waals surface area (Å²) in [5.74, 6) is -0.978. The third-order valence-corrected chi connectivity index (χ3v) is 2.47. The maximum absolute atomic E-state index is 11.6. The molecule has 0 aromatic heterocycles. The van der Waals surface area contributed by atoms with Crippen LogP contribution in [0.3, 0.4) is 0 Å². The average Bonchev–Trinajstić information content (AvgIpc) is 2.30. The first-order valence-electron chi connectivity index (χ1n) is 5.73. The summed E-state index contributed by atoms with van der Waals surface area (Å²) in [4.78, 5) is 22.8. The molecular weight excluding hydrogens is 236 g/mol. The predicted molar refractivity (Wildman–Crippen MR) is 68.8 cm³/mol. The topological polar surface area (TPSA) is 146 Å². The molecule has 0 aliphatic carbocycles. The van der Waals surface area contributed by atoms with E-state index < -0.39 is 11.9 Å². The van der Waals surface area contributed by atoms with Crippen molar-refractivity contribution in [3.63, 3.8) is 0 Å². The van der Waals surface area contributed by atoms with E-state index in [2.05, 4.69) is 16.0 Å². The van der Waals surface area contributed by atoms with Crippen LogP contribution in [0.4, 0.5) is 0 Å². The van der Waals surface area contributed by atoms with E-state index in [4.69, 9.17) is 16.9 Å². The van der Waals surface area contributed by atoms with E-state index in [1.54, 1.807) is 14.0 Å². The fraction of sp³-hybridized carbons (Fsp3) is 0.700. The van der Waals surface area contributed by atoms with Crippen LogP contribution in [0.1, 0.15) is 19.8 Å². The Kier molecular flexibility index (Phi) is 7.45. The molecule has 8 heteroatoms. The van der Waals surface area contributed by atoms with Gasteiger partial charge in [0.1, 0.15) is 6.04 Å². The Morgan fingerprint density at radius 1 is 1.33 bits per heavy atom. The van der Waals surface area contributed by atoms with Crippen LogP contribution in [-0.2, 0) is 9.59 Å². The lowest BCUT2D eigenvalue weighted by Gasteiger charge is -2.18. The van der Waals surface area contributed by atoms with Crippen LogP contribution >= 0.6 is 0 Å². The Morgan fingerprint density at radius 3 is 2.39 bits per heavy atom. The molecule has 8 N–H and O–H groups in total. The molecule has 0 rings (SSSR count). The molecule has 2 atom stereocenters. The van der Waals surface area contributed by atoms with E-state index in [-0.39, 0.29) is 17.9 Å². The molecule has 0 saturated carbocycles. The fourth-order valence-electron chi connectivity index (χ4n) is 1.24. The Hall–Kier alpha value is -1.83. The van der Waals surface area contributed by atoms with Crippen molar-refractivity contribution in [3.05, 3.63) is 0 Å². The van der Waals surface area contributed by atoms with Gasteiger partial charge in [0, 0.05) is 6.54 Å². The molecule has 0 spiro atoms. The zero-order valence-electron chi connectivity index (χ0n) is 10.7. The van der Waals surface area contributed by atoms with E-state index in [9.17, 15) is 9.59 Å². The maximum Gasteiger partial charge on any atom is 0.240 e. The van der Waals surface area contributed by atoms with Gasteiger partial charge in [-0.1, -0.05) is 0 Å². The summed E-state index contributed by atoms with van der Waals surface area (Å²) in [6, 6.07) is -1.09. The van der Waals surface area contributed by atoms with Crippen molar-refractivity contribution in [2.75, 3.05) is 13.6 Å². The van der Waals surface area contributed by atoms with E-state index in [1.165, 1.54) is 0 Å². The SMILES string of the molecule is CNC(C)C(=O)N[C@@H](CCCNC(=N)N)C(N)=O. The van der Waals surface area contributed by atoms with Crippen molar-refractivity contribution in [1.82, 2.24) is 16.0 Å². The van der Waals surface area contributed by atoms with Gasteiger partial charge in [-0.3, -0.25) is 15.0 Å². The van der Waals surface area contributed by atoms with Crippen LogP contribution in [-0.4, -0.2) is 43.5 Å². The number of primary amides is 1. The quantitative estimate of drug-likeness (QED) is 0.166. The van der Waals surface area contributed by atoms with Gasteiger partial charge < -0.3 is 27.4 Å². The van der Waals surface area contributed by atoms with Crippen LogP contribution in [0.15, 0.2) is 0 Å². The van der Waals surface area contributed by atoms with Crippen molar-refractivity contribution in [3.8, 4) is 0 Å². The predicted octanol–water partition coefficient (Wildman–Crippen LogP) is -2.17. The molecule has 0 bridgehead atoms. The lowest BCUT2D eigenvalue weighted by Crippen LogP contribution is -2.50. The minimum atomic E-state index is -0.706. The number of carbonyl (C=O) groups is 2. The summed E-state index contributed by atoms with van der Waals surface area (Å²) >= 11 is 0. The highest BCUT2D eigenvalue weighted by Crippen LogP contribution is 1.97. The van der Waals surface area contributed by atoms with E-state index in [0.29, 0.717) is 19.4 Å². The number of nitrogens with two attached hydrogens (primary N) is 2. The number of carbonyl (C=O) groups excluding carboxylic acids is 2. The minimum absolute atomic E-state index is 0.126. The van der Waals surface area contributed by atoms with Crippen LogP contribution in [0.2, 0.25) is 0 Å². The summed E-state index contributed by atoms with van der Waals surface area (Å²) in [6.45, 7) is 2.14. The number of likely N-dealkylation sites (N-methyl/N-ethyl adjacent to an activating group) is 1. The Morgan fingerprint density at radius 2 is 1.94 bits per heavy atom. The lowest BCUT2D eigenvalue weighted by molar-refractivity contribution is -0.128. The molecule has 8 nitrogen and oxygen atoms in total. The van der Waals surface area contributed by atoms with Gasteiger partial charge in [-0.2, -0.15) is 0 Å². The van der Waals surface area contributed by atoms with Gasteiger partial charge in [0.15, 0.2) is 5.96 Å². The number of rotatable bonds is 8. The van der Waals surface area contributed by atoms with E-state index in [1.807, 2.05) is 0 Å². The third kappa shape index (κ3) is 6.69. The standard InChI is InChI=1S/C10H22N6O2/c1-6(14-2)9(18)16-7(8(11)17)4-3-5-15-10(12)13/h6-7,14H,3-5H2,1-2H3,(H2,11,17)(H,16,18)(H4,12,13,15)/t6?,7-/m0/s1. The summed E-state index contributed by atoms with van der Waals surface area (Å²) in [5, 5.41) is 14.9. The average molecular weight is 258 g/mol. The molecular formula is C10H22N6O2. The molecule has 0 heterocycles. The van der Waals surface area contributed by atoms with Gasteiger partial charge in [0.2, 0.25) is 11.8 Å². The fourth-order valence-corrected chi connectivity index (χ4v) is 1.24. The Balaban J connectivity index is 4.11. The molecule has 0 fully saturated rings. The third-order valence-electron chi connectivity index (χ3n) is 2.47. The zero-order valence-corrected chi connectivity index (χ0v) is 10.7. The Labute approximate surface area is 106 Å². The van der Waals surface area contributed by atoms with E-state index >= 15 is 0 Å². The van der Waals surface area contributed by atoms with Crippen LogP contribution in [0, 0.1) is 5.41 Å². The van der Waals surface area contributed by atoms with Gasteiger partial charge >= 0.3 is 0 Å². The van der Waals surface area contributed by atoms with Gasteiger partial charge in [-0.15, -0.1) is 0 Å². The van der Waals surface area contributed by atoms with Crippen molar-refractivity contribution in [1.29, 1.82) is 5.41 Å². The normalized spacial score (nSPS) is 13.4. The zero-order chi connectivity index (χ0) is 14.1. The van der Waals surface area contributed by atoms with Crippen molar-refractivity contribution in [2.45, 2.75) is 31.8 Å². The summed E-state index contributed by atoms with van der Waals surface area (Å²) in [7, 11) is 1.65. The number of guanidine groups is 1. The molecule has 0 aromatic carbocycles. The van der Waals surface area contributed by atoms with Crippen LogP contribution < -0.4 is 27.4 Å². The lowest BCUT2D eigenvalue weighted by atomic mass is 10.1. The number of hydrogen-bond acceptors (Lipinski definition) is 4. The molecule has 0 aliphatic rings.